The Bertz CT molecular complexity index is 1270. The van der Waals surface area contributed by atoms with Crippen molar-refractivity contribution >= 4 is 32.5 Å². The van der Waals surface area contributed by atoms with Gasteiger partial charge >= 0.3 is 10.1 Å². The summed E-state index contributed by atoms with van der Waals surface area (Å²) in [6.07, 6.45) is 3.41. The fraction of sp³-hybridized carbons (Fsp3) is 0.379. The van der Waals surface area contributed by atoms with Crippen LogP contribution >= 0.6 is 11.8 Å². The molecule has 2 aromatic rings. The Morgan fingerprint density at radius 1 is 0.917 bits per heavy atom. The number of hydrogen-bond donors (Lipinski definition) is 0. The van der Waals surface area contributed by atoms with Crippen LogP contribution in [0.5, 0.6) is 0 Å². The molecular weight excluding hydrogens is 488 g/mol. The van der Waals surface area contributed by atoms with Gasteiger partial charge in [0.1, 0.15) is 16.0 Å². The Morgan fingerprint density at radius 2 is 1.47 bits per heavy atom. The summed E-state index contributed by atoms with van der Waals surface area (Å²) in [5.74, 6) is 0.269. The molecule has 0 radical (unpaired) electrons. The van der Waals surface area contributed by atoms with Crippen molar-refractivity contribution in [3.63, 3.8) is 0 Å². The molecule has 1 aliphatic heterocycles. The Labute approximate surface area is 221 Å². The van der Waals surface area contributed by atoms with Crippen LogP contribution in [-0.4, -0.2) is 13.5 Å². The number of nitrogens with zero attached hydrogens (tertiary/aromatic N) is 2. The van der Waals surface area contributed by atoms with Gasteiger partial charge in [-0.05, 0) is 52.2 Å². The lowest BCUT2D eigenvalue weighted by Crippen LogP contribution is -2.13. The van der Waals surface area contributed by atoms with Gasteiger partial charge in [-0.3, -0.25) is 4.28 Å². The molecule has 2 aromatic carbocycles. The maximum atomic E-state index is 13.4. The molecule has 0 aromatic heterocycles. The van der Waals surface area contributed by atoms with E-state index in [2.05, 4.69) is 25.1 Å². The maximum absolute atomic E-state index is 13.4. The molecule has 0 N–H and O–H groups in total. The van der Waals surface area contributed by atoms with E-state index < -0.39 is 10.1 Å². The van der Waals surface area contributed by atoms with Crippen LogP contribution < -0.4 is 0 Å². The van der Waals surface area contributed by atoms with Crippen LogP contribution in [0.4, 0.5) is 0 Å². The van der Waals surface area contributed by atoms with E-state index in [1.807, 2.05) is 84.0 Å². The van der Waals surface area contributed by atoms with E-state index in [0.29, 0.717) is 15.5 Å². The topological polar surface area (TPSA) is 79.5 Å². The second kappa shape index (κ2) is 12.9. The summed E-state index contributed by atoms with van der Waals surface area (Å²) >= 11 is 1.21. The van der Waals surface area contributed by atoms with Gasteiger partial charge in [0.2, 0.25) is 0 Å². The molecular formula is C29H36N2O3S2. The summed E-state index contributed by atoms with van der Waals surface area (Å²) in [4.78, 5) is 0.900. The van der Waals surface area contributed by atoms with E-state index >= 15 is 0 Å². The highest BCUT2D eigenvalue weighted by Gasteiger charge is 2.29. The minimum absolute atomic E-state index is 0.00317. The van der Waals surface area contributed by atoms with Crippen LogP contribution in [0.25, 0.3) is 5.57 Å². The van der Waals surface area contributed by atoms with Crippen molar-refractivity contribution < 1.29 is 12.7 Å². The van der Waals surface area contributed by atoms with Crippen molar-refractivity contribution in [3.05, 3.63) is 81.8 Å². The van der Waals surface area contributed by atoms with Gasteiger partial charge in [-0.25, -0.2) is 0 Å². The average Bonchev–Trinajstić information content (AvgIpc) is 3.33. The second-order valence-electron chi connectivity index (χ2n) is 9.10. The standard InChI is InChI=1S/C27H30N2O3S2.C2H6/c1-17(2)21-14-22(18(3)4)27(23(15-21)19(5)6)34(30,31)32-29-26-13-12-25(33-26)24(16-28)20-10-8-7-9-11-20;1-2/h7-15,17-19H,1-6H3;1-2H3. The number of thioether (sulfide) groups is 1. The summed E-state index contributed by atoms with van der Waals surface area (Å²) in [6.45, 7) is 16.1. The minimum atomic E-state index is -4.15. The Balaban J connectivity index is 0.00000222. The molecule has 0 amide bonds. The molecule has 0 unspecified atom stereocenters. The first-order valence-corrected chi connectivity index (χ1v) is 14.5. The fourth-order valence-electron chi connectivity index (χ4n) is 3.68. The number of allylic oxidation sites excluding steroid dienone is 2. The molecule has 0 fully saturated rings. The molecule has 7 heteroatoms. The SMILES string of the molecule is CC.CC(C)c1cc(C(C)C)c(S(=O)(=O)ON=C2C=CC(=C(C#N)c3ccccc3)S2)c(C(C)C)c1. The lowest BCUT2D eigenvalue weighted by atomic mass is 9.89. The van der Waals surface area contributed by atoms with Crippen LogP contribution in [-0.2, 0) is 14.4 Å². The first-order valence-electron chi connectivity index (χ1n) is 12.3. The van der Waals surface area contributed by atoms with Crippen molar-refractivity contribution in [2.24, 2.45) is 5.16 Å². The Morgan fingerprint density at radius 3 is 1.94 bits per heavy atom. The van der Waals surface area contributed by atoms with E-state index in [-0.39, 0.29) is 22.6 Å². The van der Waals surface area contributed by atoms with Gasteiger partial charge in [-0.15, -0.1) is 0 Å². The molecule has 0 atom stereocenters. The predicted octanol–water partition coefficient (Wildman–Crippen LogP) is 8.34. The number of rotatable bonds is 7. The summed E-state index contributed by atoms with van der Waals surface area (Å²) in [7, 11) is -4.15. The molecule has 1 heterocycles. The number of oxime groups is 1. The molecule has 1 aliphatic rings. The van der Waals surface area contributed by atoms with Crippen molar-refractivity contribution in [2.45, 2.75) is 78.0 Å². The molecule has 192 valence electrons. The summed E-state index contributed by atoms with van der Waals surface area (Å²) in [6, 6.07) is 15.5. The molecule has 36 heavy (non-hydrogen) atoms. The van der Waals surface area contributed by atoms with Crippen LogP contribution in [0.1, 0.15) is 95.4 Å². The lowest BCUT2D eigenvalue weighted by Gasteiger charge is -2.21. The van der Waals surface area contributed by atoms with E-state index in [4.69, 9.17) is 4.28 Å². The van der Waals surface area contributed by atoms with Gasteiger partial charge in [-0.2, -0.15) is 13.7 Å². The van der Waals surface area contributed by atoms with E-state index in [0.717, 1.165) is 22.3 Å². The van der Waals surface area contributed by atoms with E-state index in [1.165, 1.54) is 11.8 Å². The molecule has 5 nitrogen and oxygen atoms in total. The smallest absolute Gasteiger partial charge is 0.264 e. The van der Waals surface area contributed by atoms with Crippen LogP contribution in [0.3, 0.4) is 0 Å². The van der Waals surface area contributed by atoms with Crippen LogP contribution in [0, 0.1) is 11.3 Å². The van der Waals surface area contributed by atoms with Gasteiger partial charge in [0.15, 0.2) is 0 Å². The van der Waals surface area contributed by atoms with Gasteiger partial charge in [0, 0.05) is 4.91 Å². The third-order valence-corrected chi connectivity index (χ3v) is 7.79. The highest BCUT2D eigenvalue weighted by atomic mass is 32.2. The molecule has 0 saturated carbocycles. The Kier molecular flexibility index (Phi) is 10.6. The van der Waals surface area contributed by atoms with Crippen molar-refractivity contribution in [2.75, 3.05) is 0 Å². The van der Waals surface area contributed by atoms with E-state index in [1.54, 1.807) is 12.2 Å². The fourth-order valence-corrected chi connectivity index (χ4v) is 5.98. The molecule has 0 aliphatic carbocycles. The van der Waals surface area contributed by atoms with Crippen molar-refractivity contribution in [1.29, 1.82) is 5.26 Å². The summed E-state index contributed by atoms with van der Waals surface area (Å²) in [5.41, 5.74) is 3.87. The maximum Gasteiger partial charge on any atom is 0.359 e. The third kappa shape index (κ3) is 6.89. The minimum Gasteiger partial charge on any atom is -0.264 e. The first kappa shape index (κ1) is 29.4. The number of benzene rings is 2. The normalized spacial score (nSPS) is 15.8. The van der Waals surface area contributed by atoms with E-state index in [9.17, 15) is 13.7 Å². The number of nitriles is 1. The monoisotopic (exact) mass is 524 g/mol. The van der Waals surface area contributed by atoms with Crippen LogP contribution in [0.15, 0.2) is 69.6 Å². The first-order chi connectivity index (χ1) is 17.0. The van der Waals surface area contributed by atoms with Gasteiger partial charge in [0.25, 0.3) is 0 Å². The molecule has 0 bridgehead atoms. The summed E-state index contributed by atoms with van der Waals surface area (Å²) < 4.78 is 32.0. The van der Waals surface area contributed by atoms with Crippen molar-refractivity contribution in [3.8, 4) is 6.07 Å². The van der Waals surface area contributed by atoms with Crippen molar-refractivity contribution in [1.82, 2.24) is 0 Å². The Hall–Kier alpha value is -2.82. The van der Waals surface area contributed by atoms with Gasteiger partial charge < -0.3 is 0 Å². The lowest BCUT2D eigenvalue weighted by molar-refractivity contribution is 0.339. The predicted molar refractivity (Wildman–Crippen MR) is 151 cm³/mol. The van der Waals surface area contributed by atoms with Gasteiger partial charge in [0.05, 0.1) is 5.57 Å². The number of hydrogen-bond acceptors (Lipinski definition) is 6. The summed E-state index contributed by atoms with van der Waals surface area (Å²) in [5, 5.41) is 14.0. The van der Waals surface area contributed by atoms with Crippen LogP contribution in [0.2, 0.25) is 0 Å². The highest BCUT2D eigenvalue weighted by Crippen LogP contribution is 2.37. The highest BCUT2D eigenvalue weighted by molar-refractivity contribution is 8.18. The second-order valence-corrected chi connectivity index (χ2v) is 11.6. The third-order valence-electron chi connectivity index (χ3n) is 5.57. The largest absolute Gasteiger partial charge is 0.359 e. The zero-order chi connectivity index (χ0) is 27.0. The molecule has 0 spiro atoms. The van der Waals surface area contributed by atoms with Gasteiger partial charge in [-0.1, -0.05) is 115 Å². The average molecular weight is 525 g/mol. The quantitative estimate of drug-likeness (QED) is 0.269. The zero-order valence-corrected chi connectivity index (χ0v) is 24.0. The molecule has 3 rings (SSSR count). The molecule has 0 saturated heterocycles. The zero-order valence-electron chi connectivity index (χ0n) is 22.4.